The van der Waals surface area contributed by atoms with Gasteiger partial charge in [0.2, 0.25) is 0 Å². The normalized spacial score (nSPS) is 19.1. The molecule has 2 rings (SSSR count). The molecule has 19 heavy (non-hydrogen) atoms. The summed E-state index contributed by atoms with van der Waals surface area (Å²) in [7, 11) is 1.85. The SMILES string of the molecule is CCCNC(Cc1nccn1CC)C1(OC)CCC1. The summed E-state index contributed by atoms with van der Waals surface area (Å²) in [5.74, 6) is 1.17. The fourth-order valence-corrected chi connectivity index (χ4v) is 2.98. The maximum Gasteiger partial charge on any atom is 0.110 e. The van der Waals surface area contributed by atoms with Crippen LogP contribution in [0.3, 0.4) is 0 Å². The van der Waals surface area contributed by atoms with Crippen molar-refractivity contribution in [3.63, 3.8) is 0 Å². The molecule has 4 heteroatoms. The number of imidazole rings is 1. The number of hydrogen-bond acceptors (Lipinski definition) is 3. The summed E-state index contributed by atoms with van der Waals surface area (Å²) in [5.41, 5.74) is 0.0275. The zero-order valence-corrected chi connectivity index (χ0v) is 12.5. The molecule has 0 spiro atoms. The summed E-state index contributed by atoms with van der Waals surface area (Å²) >= 11 is 0. The minimum absolute atomic E-state index is 0.0275. The largest absolute Gasteiger partial charge is 0.377 e. The van der Waals surface area contributed by atoms with Gasteiger partial charge in [-0.25, -0.2) is 4.98 Å². The van der Waals surface area contributed by atoms with Crippen LogP contribution in [-0.2, 0) is 17.7 Å². The van der Waals surface area contributed by atoms with Crippen LogP contribution in [0.15, 0.2) is 12.4 Å². The highest BCUT2D eigenvalue weighted by Crippen LogP contribution is 2.39. The minimum atomic E-state index is 0.0275. The molecule has 1 aromatic rings. The Morgan fingerprint density at radius 2 is 2.26 bits per heavy atom. The van der Waals surface area contributed by atoms with E-state index in [0.717, 1.165) is 38.8 Å². The van der Waals surface area contributed by atoms with Gasteiger partial charge in [0.05, 0.1) is 5.60 Å². The lowest BCUT2D eigenvalue weighted by Gasteiger charge is -2.47. The Bertz CT molecular complexity index is 379. The van der Waals surface area contributed by atoms with Crippen molar-refractivity contribution in [2.45, 2.75) is 64.1 Å². The molecule has 0 amide bonds. The molecule has 4 nitrogen and oxygen atoms in total. The van der Waals surface area contributed by atoms with Gasteiger partial charge in [0.1, 0.15) is 5.82 Å². The molecule has 1 fully saturated rings. The van der Waals surface area contributed by atoms with Crippen molar-refractivity contribution in [1.29, 1.82) is 0 Å². The fourth-order valence-electron chi connectivity index (χ4n) is 2.98. The van der Waals surface area contributed by atoms with Crippen LogP contribution in [0.1, 0.15) is 45.4 Å². The van der Waals surface area contributed by atoms with E-state index in [9.17, 15) is 0 Å². The Hall–Kier alpha value is -0.870. The Morgan fingerprint density at radius 3 is 2.79 bits per heavy atom. The number of nitrogens with zero attached hydrogens (tertiary/aromatic N) is 2. The maximum atomic E-state index is 5.86. The number of aromatic nitrogens is 2. The van der Waals surface area contributed by atoms with Crippen LogP contribution in [-0.4, -0.2) is 34.8 Å². The van der Waals surface area contributed by atoms with Crippen molar-refractivity contribution in [2.24, 2.45) is 0 Å². The summed E-state index contributed by atoms with van der Waals surface area (Å²) in [5, 5.41) is 3.67. The molecule has 0 aliphatic heterocycles. The molecule has 0 bridgehead atoms. The molecule has 1 aliphatic rings. The number of hydrogen-bond donors (Lipinski definition) is 1. The van der Waals surface area contributed by atoms with Gasteiger partial charge in [0.15, 0.2) is 0 Å². The molecular formula is C15H27N3O. The van der Waals surface area contributed by atoms with Crippen LogP contribution < -0.4 is 5.32 Å². The Labute approximate surface area is 116 Å². The van der Waals surface area contributed by atoms with Crippen molar-refractivity contribution in [2.75, 3.05) is 13.7 Å². The standard InChI is InChI=1S/C15H27N3O/c1-4-9-16-13(15(19-3)7-6-8-15)12-14-17-10-11-18(14)5-2/h10-11,13,16H,4-9,12H2,1-3H3. The highest BCUT2D eigenvalue weighted by atomic mass is 16.5. The summed E-state index contributed by atoms with van der Waals surface area (Å²) in [4.78, 5) is 4.51. The molecule has 0 saturated heterocycles. The summed E-state index contributed by atoms with van der Waals surface area (Å²) in [6, 6.07) is 0.374. The van der Waals surface area contributed by atoms with Gasteiger partial charge in [0, 0.05) is 38.5 Å². The lowest BCUT2D eigenvalue weighted by atomic mass is 9.73. The highest BCUT2D eigenvalue weighted by molar-refractivity contribution is 5.05. The quantitative estimate of drug-likeness (QED) is 0.784. The van der Waals surface area contributed by atoms with Crippen LogP contribution in [0, 0.1) is 0 Å². The first-order chi connectivity index (χ1) is 9.25. The molecule has 1 atom stereocenters. The third kappa shape index (κ3) is 3.00. The number of methoxy groups -OCH3 is 1. The molecule has 0 aromatic carbocycles. The lowest BCUT2D eigenvalue weighted by molar-refractivity contribution is -0.0985. The van der Waals surface area contributed by atoms with E-state index in [1.54, 1.807) is 0 Å². The monoisotopic (exact) mass is 265 g/mol. The van der Waals surface area contributed by atoms with Crippen LogP contribution in [0.4, 0.5) is 0 Å². The Balaban J connectivity index is 2.09. The van der Waals surface area contributed by atoms with Gasteiger partial charge in [0.25, 0.3) is 0 Å². The van der Waals surface area contributed by atoms with E-state index in [1.807, 2.05) is 13.3 Å². The van der Waals surface area contributed by atoms with Crippen molar-refractivity contribution in [3.8, 4) is 0 Å². The average molecular weight is 265 g/mol. The van der Waals surface area contributed by atoms with E-state index in [2.05, 4.69) is 34.9 Å². The molecule has 1 aromatic heterocycles. The summed E-state index contributed by atoms with van der Waals surface area (Å²) in [6.45, 7) is 6.39. The molecular weight excluding hydrogens is 238 g/mol. The minimum Gasteiger partial charge on any atom is -0.377 e. The Kier molecular flexibility index (Phi) is 4.99. The molecule has 1 N–H and O–H groups in total. The molecule has 1 aliphatic carbocycles. The van der Waals surface area contributed by atoms with Crippen molar-refractivity contribution < 1.29 is 4.74 Å². The van der Waals surface area contributed by atoms with Gasteiger partial charge in [-0.3, -0.25) is 0 Å². The van der Waals surface area contributed by atoms with Gasteiger partial charge in [-0.1, -0.05) is 6.92 Å². The van der Waals surface area contributed by atoms with Crippen LogP contribution >= 0.6 is 0 Å². The zero-order chi connectivity index (χ0) is 13.7. The van der Waals surface area contributed by atoms with Gasteiger partial charge in [-0.05, 0) is 39.2 Å². The van der Waals surface area contributed by atoms with Gasteiger partial charge >= 0.3 is 0 Å². The van der Waals surface area contributed by atoms with E-state index < -0.39 is 0 Å². The van der Waals surface area contributed by atoms with Crippen molar-refractivity contribution in [1.82, 2.24) is 14.9 Å². The predicted molar refractivity (Wildman–Crippen MR) is 77.3 cm³/mol. The molecule has 1 unspecified atom stereocenters. The number of ether oxygens (including phenoxy) is 1. The second kappa shape index (κ2) is 6.53. The van der Waals surface area contributed by atoms with Crippen LogP contribution in [0.5, 0.6) is 0 Å². The first-order valence-corrected chi connectivity index (χ1v) is 7.54. The first kappa shape index (κ1) is 14.5. The molecule has 1 heterocycles. The third-order valence-corrected chi connectivity index (χ3v) is 4.41. The van der Waals surface area contributed by atoms with Crippen LogP contribution in [0.2, 0.25) is 0 Å². The van der Waals surface area contributed by atoms with Gasteiger partial charge < -0.3 is 14.6 Å². The van der Waals surface area contributed by atoms with Crippen LogP contribution in [0.25, 0.3) is 0 Å². The molecule has 0 radical (unpaired) electrons. The van der Waals surface area contributed by atoms with E-state index in [4.69, 9.17) is 4.74 Å². The predicted octanol–water partition coefficient (Wildman–Crippen LogP) is 2.38. The summed E-state index contributed by atoms with van der Waals surface area (Å²) in [6.07, 6.45) is 9.67. The first-order valence-electron chi connectivity index (χ1n) is 7.54. The average Bonchev–Trinajstić information content (AvgIpc) is 2.82. The second-order valence-corrected chi connectivity index (χ2v) is 5.46. The van der Waals surface area contributed by atoms with Crippen molar-refractivity contribution >= 4 is 0 Å². The maximum absolute atomic E-state index is 5.86. The van der Waals surface area contributed by atoms with Gasteiger partial charge in [-0.15, -0.1) is 0 Å². The van der Waals surface area contributed by atoms with E-state index in [-0.39, 0.29) is 5.60 Å². The molecule has 1 saturated carbocycles. The second-order valence-electron chi connectivity index (χ2n) is 5.46. The smallest absolute Gasteiger partial charge is 0.110 e. The fraction of sp³-hybridized carbons (Fsp3) is 0.800. The zero-order valence-electron chi connectivity index (χ0n) is 12.5. The van der Waals surface area contributed by atoms with Crippen molar-refractivity contribution in [3.05, 3.63) is 18.2 Å². The van der Waals surface area contributed by atoms with E-state index in [1.165, 1.54) is 12.2 Å². The van der Waals surface area contributed by atoms with Gasteiger partial charge in [-0.2, -0.15) is 0 Å². The third-order valence-electron chi connectivity index (χ3n) is 4.41. The van der Waals surface area contributed by atoms with E-state index in [0.29, 0.717) is 6.04 Å². The number of rotatable bonds is 8. The number of nitrogens with one attached hydrogen (secondary N) is 1. The Morgan fingerprint density at radius 1 is 1.47 bits per heavy atom. The number of aryl methyl sites for hydroxylation is 1. The lowest BCUT2D eigenvalue weighted by Crippen LogP contribution is -2.57. The van der Waals surface area contributed by atoms with E-state index >= 15 is 0 Å². The summed E-state index contributed by atoms with van der Waals surface area (Å²) < 4.78 is 8.08. The molecule has 108 valence electrons. The highest BCUT2D eigenvalue weighted by Gasteiger charge is 2.44. The topological polar surface area (TPSA) is 39.1 Å².